The fourth-order valence-electron chi connectivity index (χ4n) is 2.17. The first-order valence-electron chi connectivity index (χ1n) is 5.88. The summed E-state index contributed by atoms with van der Waals surface area (Å²) in [6, 6.07) is 10.2. The molecular weight excluding hydrogens is 298 g/mol. The first kappa shape index (κ1) is 13.3. The van der Waals surface area contributed by atoms with Gasteiger partial charge in [-0.05, 0) is 23.3 Å². The van der Waals surface area contributed by atoms with Gasteiger partial charge in [0.05, 0.1) is 0 Å². The van der Waals surface area contributed by atoms with Crippen molar-refractivity contribution in [2.75, 3.05) is 0 Å². The normalized spacial score (nSPS) is 15.2. The highest BCUT2D eigenvalue weighted by atomic mass is 32.2. The smallest absolute Gasteiger partial charge is 0.345 e. The Morgan fingerprint density at radius 3 is 2.20 bits per heavy atom. The van der Waals surface area contributed by atoms with E-state index in [1.165, 1.54) is 16.4 Å². The first-order valence-corrected chi connectivity index (χ1v) is 8.14. The molecule has 2 heterocycles. The fourth-order valence-corrected chi connectivity index (χ4v) is 4.87. The van der Waals surface area contributed by atoms with Gasteiger partial charge in [0.2, 0.25) is 0 Å². The van der Waals surface area contributed by atoms with Gasteiger partial charge in [-0.25, -0.2) is 13.2 Å². The quantitative estimate of drug-likeness (QED) is 0.942. The van der Waals surface area contributed by atoms with Crippen LogP contribution < -0.4 is 0 Å². The lowest BCUT2D eigenvalue weighted by Gasteiger charge is -2.13. The van der Waals surface area contributed by atoms with Gasteiger partial charge in [0, 0.05) is 13.1 Å². The molecule has 0 amide bonds. The third-order valence-electron chi connectivity index (χ3n) is 3.20. The minimum Gasteiger partial charge on any atom is -0.477 e. The van der Waals surface area contributed by atoms with Crippen molar-refractivity contribution in [3.05, 3.63) is 52.4 Å². The molecule has 0 radical (unpaired) electrons. The molecule has 2 aromatic rings. The highest BCUT2D eigenvalue weighted by Gasteiger charge is 2.31. The Morgan fingerprint density at radius 1 is 1.10 bits per heavy atom. The summed E-state index contributed by atoms with van der Waals surface area (Å²) in [7, 11) is -3.63. The number of thiophene rings is 1. The molecule has 0 saturated heterocycles. The van der Waals surface area contributed by atoms with Crippen LogP contribution in [0.5, 0.6) is 0 Å². The van der Waals surface area contributed by atoms with Gasteiger partial charge in [0.15, 0.2) is 0 Å². The molecule has 1 aliphatic heterocycles. The van der Waals surface area contributed by atoms with Crippen molar-refractivity contribution < 1.29 is 18.3 Å². The van der Waals surface area contributed by atoms with E-state index in [4.69, 9.17) is 5.11 Å². The Kier molecular flexibility index (Phi) is 3.12. The van der Waals surface area contributed by atoms with Crippen molar-refractivity contribution >= 4 is 27.3 Å². The summed E-state index contributed by atoms with van der Waals surface area (Å²) >= 11 is 0.784. The van der Waals surface area contributed by atoms with Crippen LogP contribution in [0, 0.1) is 0 Å². The van der Waals surface area contributed by atoms with Crippen molar-refractivity contribution in [3.63, 3.8) is 0 Å². The van der Waals surface area contributed by atoms with Gasteiger partial charge >= 0.3 is 5.97 Å². The van der Waals surface area contributed by atoms with Crippen LogP contribution in [0.25, 0.3) is 0 Å². The van der Waals surface area contributed by atoms with Crippen LogP contribution in [0.4, 0.5) is 0 Å². The van der Waals surface area contributed by atoms with Crippen molar-refractivity contribution in [2.24, 2.45) is 0 Å². The Hall–Kier alpha value is -1.70. The van der Waals surface area contributed by atoms with Crippen molar-refractivity contribution in [1.82, 2.24) is 4.31 Å². The lowest BCUT2D eigenvalue weighted by molar-refractivity contribution is 0.0702. The molecule has 0 atom stereocenters. The van der Waals surface area contributed by atoms with Crippen LogP contribution in [-0.2, 0) is 23.1 Å². The average Bonchev–Trinajstić information content (AvgIpc) is 3.06. The molecule has 0 spiro atoms. The van der Waals surface area contributed by atoms with Crippen molar-refractivity contribution in [1.29, 1.82) is 0 Å². The SMILES string of the molecule is O=C(O)c1ccc(S(=O)(=O)N2Cc3ccccc3C2)s1. The van der Waals surface area contributed by atoms with E-state index in [1.807, 2.05) is 24.3 Å². The van der Waals surface area contributed by atoms with E-state index in [0.717, 1.165) is 22.5 Å². The molecule has 1 N–H and O–H groups in total. The van der Waals surface area contributed by atoms with E-state index >= 15 is 0 Å². The second-order valence-corrected chi connectivity index (χ2v) is 7.71. The number of carboxylic acid groups (broad SMARTS) is 1. The molecule has 0 fully saturated rings. The van der Waals surface area contributed by atoms with E-state index in [-0.39, 0.29) is 9.09 Å². The number of sulfonamides is 1. The van der Waals surface area contributed by atoms with Gasteiger partial charge in [-0.2, -0.15) is 4.31 Å². The maximum absolute atomic E-state index is 12.5. The minimum atomic E-state index is -3.63. The average molecular weight is 309 g/mol. The number of fused-ring (bicyclic) bond motifs is 1. The summed E-state index contributed by atoms with van der Waals surface area (Å²) in [4.78, 5) is 10.9. The van der Waals surface area contributed by atoms with Crippen LogP contribution >= 0.6 is 11.3 Å². The van der Waals surface area contributed by atoms with Crippen LogP contribution in [0.15, 0.2) is 40.6 Å². The molecule has 104 valence electrons. The largest absolute Gasteiger partial charge is 0.477 e. The maximum atomic E-state index is 12.5. The summed E-state index contributed by atoms with van der Waals surface area (Å²) in [6.07, 6.45) is 0. The fraction of sp³-hybridized carbons (Fsp3) is 0.154. The van der Waals surface area contributed by atoms with Crippen molar-refractivity contribution in [3.8, 4) is 0 Å². The first-order chi connectivity index (χ1) is 9.48. The summed E-state index contributed by atoms with van der Waals surface area (Å²) in [6.45, 7) is 0.664. The third-order valence-corrected chi connectivity index (χ3v) is 6.53. The molecule has 0 unspecified atom stereocenters. The van der Waals surface area contributed by atoms with Gasteiger partial charge in [-0.3, -0.25) is 0 Å². The number of hydrogen-bond donors (Lipinski definition) is 1. The van der Waals surface area contributed by atoms with E-state index < -0.39 is 16.0 Å². The lowest BCUT2D eigenvalue weighted by Crippen LogP contribution is -2.24. The lowest BCUT2D eigenvalue weighted by atomic mass is 10.1. The molecule has 0 bridgehead atoms. The number of benzene rings is 1. The van der Waals surface area contributed by atoms with Gasteiger partial charge in [-0.1, -0.05) is 24.3 Å². The van der Waals surface area contributed by atoms with E-state index in [1.54, 1.807) is 0 Å². The monoisotopic (exact) mass is 309 g/mol. The van der Waals surface area contributed by atoms with Crippen LogP contribution in [0.3, 0.4) is 0 Å². The molecule has 1 aromatic heterocycles. The molecule has 1 aromatic carbocycles. The summed E-state index contributed by atoms with van der Waals surface area (Å²) in [5.41, 5.74) is 1.98. The third kappa shape index (κ3) is 2.13. The van der Waals surface area contributed by atoms with Gasteiger partial charge in [0.1, 0.15) is 9.09 Å². The number of carbonyl (C=O) groups is 1. The minimum absolute atomic E-state index is 0.0280. The number of aromatic carboxylic acids is 1. The number of nitrogens with zero attached hydrogens (tertiary/aromatic N) is 1. The second-order valence-electron chi connectivity index (χ2n) is 4.47. The zero-order valence-corrected chi connectivity index (χ0v) is 11.9. The number of hydrogen-bond acceptors (Lipinski definition) is 4. The molecule has 5 nitrogen and oxygen atoms in total. The number of carboxylic acids is 1. The molecule has 0 aliphatic carbocycles. The van der Waals surface area contributed by atoms with Crippen molar-refractivity contribution in [2.45, 2.75) is 17.3 Å². The Balaban J connectivity index is 1.92. The molecule has 1 aliphatic rings. The van der Waals surface area contributed by atoms with Gasteiger partial charge in [0.25, 0.3) is 10.0 Å². The molecule has 7 heteroatoms. The molecule has 0 saturated carbocycles. The predicted molar refractivity (Wildman–Crippen MR) is 74.2 cm³/mol. The Bertz CT molecular complexity index is 754. The van der Waals surface area contributed by atoms with Gasteiger partial charge < -0.3 is 5.11 Å². The van der Waals surface area contributed by atoms with E-state index in [2.05, 4.69) is 0 Å². The zero-order valence-electron chi connectivity index (χ0n) is 10.3. The van der Waals surface area contributed by atoms with E-state index in [0.29, 0.717) is 13.1 Å². The summed E-state index contributed by atoms with van der Waals surface area (Å²) in [5.74, 6) is -1.11. The van der Waals surface area contributed by atoms with Crippen LogP contribution in [-0.4, -0.2) is 23.8 Å². The zero-order chi connectivity index (χ0) is 14.3. The highest BCUT2D eigenvalue weighted by molar-refractivity contribution is 7.91. The maximum Gasteiger partial charge on any atom is 0.345 e. The standard InChI is InChI=1S/C13H11NO4S2/c15-13(16)11-5-6-12(19-11)20(17,18)14-7-9-3-1-2-4-10(9)8-14/h1-6H,7-8H2,(H,15,16). The molecule has 3 rings (SSSR count). The van der Waals surface area contributed by atoms with E-state index in [9.17, 15) is 13.2 Å². The highest BCUT2D eigenvalue weighted by Crippen LogP contribution is 2.31. The van der Waals surface area contributed by atoms with Crippen LogP contribution in [0.2, 0.25) is 0 Å². The summed E-state index contributed by atoms with van der Waals surface area (Å²) in [5, 5.41) is 8.87. The topological polar surface area (TPSA) is 74.7 Å². The number of rotatable bonds is 3. The summed E-state index contributed by atoms with van der Waals surface area (Å²) < 4.78 is 26.4. The van der Waals surface area contributed by atoms with Gasteiger partial charge in [-0.15, -0.1) is 11.3 Å². The Labute approximate surface area is 120 Å². The second kappa shape index (κ2) is 4.69. The predicted octanol–water partition coefficient (Wildman–Crippen LogP) is 2.15. The molecular formula is C13H11NO4S2. The molecule has 20 heavy (non-hydrogen) atoms. The van der Waals surface area contributed by atoms with Crippen LogP contribution in [0.1, 0.15) is 20.8 Å². The Morgan fingerprint density at radius 2 is 1.70 bits per heavy atom.